The maximum atomic E-state index is 13.6. The molecule has 0 heterocycles. The zero-order chi connectivity index (χ0) is 36.8. The fourth-order valence-electron chi connectivity index (χ4n) is 6.39. The molecule has 13 heteroatoms. The summed E-state index contributed by atoms with van der Waals surface area (Å²) < 4.78 is 78.4. The van der Waals surface area contributed by atoms with Crippen LogP contribution in [0.5, 0.6) is 0 Å². The molecule has 4 aromatic carbocycles. The number of nitrogens with one attached hydrogen (secondary N) is 2. The van der Waals surface area contributed by atoms with Gasteiger partial charge in [0.05, 0.1) is 5.56 Å². The van der Waals surface area contributed by atoms with Crippen LogP contribution in [0.4, 0.5) is 26.3 Å². The van der Waals surface area contributed by atoms with Crippen molar-refractivity contribution in [3.05, 3.63) is 119 Å². The Morgan fingerprint density at radius 3 is 1.92 bits per heavy atom. The molecule has 51 heavy (non-hydrogen) atoms. The molecule has 0 radical (unpaired) electrons. The van der Waals surface area contributed by atoms with Crippen LogP contribution < -0.4 is 11.1 Å². The van der Waals surface area contributed by atoms with E-state index >= 15 is 0 Å². The third-order valence-electron chi connectivity index (χ3n) is 8.67. The molecule has 5 rings (SSSR count). The summed E-state index contributed by atoms with van der Waals surface area (Å²) in [6, 6.07) is 25.6. The number of ketones is 1. The summed E-state index contributed by atoms with van der Waals surface area (Å²) in [5.41, 5.74) is 8.12. The van der Waals surface area contributed by atoms with Crippen molar-refractivity contribution in [3.63, 3.8) is 0 Å². The highest BCUT2D eigenvalue weighted by Crippen LogP contribution is 2.51. The smallest absolute Gasteiger partial charge is 0.387 e. The lowest BCUT2D eigenvalue weighted by molar-refractivity contribution is -0.141. The van der Waals surface area contributed by atoms with Crippen LogP contribution in [0.1, 0.15) is 59.2 Å². The molecule has 0 bridgehead atoms. The van der Waals surface area contributed by atoms with E-state index in [9.17, 15) is 35.9 Å². The average molecular weight is 725 g/mol. The fraction of sp³-hybridized carbons (Fsp3) is 0.263. The highest BCUT2D eigenvalue weighted by molar-refractivity contribution is 8.13. The average Bonchev–Trinajstić information content (AvgIpc) is 3.39. The van der Waals surface area contributed by atoms with Crippen LogP contribution in [-0.4, -0.2) is 41.2 Å². The lowest BCUT2D eigenvalue weighted by atomic mass is 9.73. The molecule has 0 spiro atoms. The zero-order valence-electron chi connectivity index (χ0n) is 27.2. The highest BCUT2D eigenvalue weighted by Gasteiger charge is 2.49. The molecule has 6 nitrogen and oxygen atoms in total. The Bertz CT molecular complexity index is 1890. The van der Waals surface area contributed by atoms with Gasteiger partial charge in [-0.2, -0.15) is 26.3 Å². The van der Waals surface area contributed by atoms with Crippen molar-refractivity contribution in [3.8, 4) is 22.3 Å². The van der Waals surface area contributed by atoms with Gasteiger partial charge in [0.25, 0.3) is 0 Å². The Kier molecular flexibility index (Phi) is 11.4. The maximum absolute atomic E-state index is 13.6. The number of carbonyl (C=O) groups is 2. The van der Waals surface area contributed by atoms with E-state index in [0.717, 1.165) is 35.0 Å². The second-order valence-corrected chi connectivity index (χ2v) is 13.1. The molecule has 4 N–H and O–H groups in total. The van der Waals surface area contributed by atoms with E-state index in [-0.39, 0.29) is 36.0 Å². The summed E-state index contributed by atoms with van der Waals surface area (Å²) in [5, 5.41) is 10.3. The van der Waals surface area contributed by atoms with Crippen molar-refractivity contribution in [2.24, 2.45) is 10.7 Å². The van der Waals surface area contributed by atoms with Gasteiger partial charge in [-0.1, -0.05) is 96.7 Å². The van der Waals surface area contributed by atoms with Gasteiger partial charge in [-0.15, -0.1) is 0 Å². The van der Waals surface area contributed by atoms with E-state index in [0.29, 0.717) is 46.4 Å². The predicted molar refractivity (Wildman–Crippen MR) is 188 cm³/mol. The third-order valence-corrected chi connectivity index (χ3v) is 9.53. The monoisotopic (exact) mass is 724 g/mol. The van der Waals surface area contributed by atoms with Gasteiger partial charge in [0.2, 0.25) is 5.91 Å². The van der Waals surface area contributed by atoms with E-state index in [1.165, 1.54) is 12.1 Å². The number of nitrogens with zero attached hydrogens (tertiary/aromatic N) is 1. The van der Waals surface area contributed by atoms with Gasteiger partial charge in [-0.05, 0) is 64.8 Å². The van der Waals surface area contributed by atoms with E-state index in [2.05, 4.69) is 10.3 Å². The number of amidine groups is 2. The summed E-state index contributed by atoms with van der Waals surface area (Å²) >= 11 is 1.08. The van der Waals surface area contributed by atoms with E-state index in [1.54, 1.807) is 48.5 Å². The minimum atomic E-state index is -4.58. The standard InChI is InChI=1S/C38H34F6N4O2S/c39-37(40,41)23-47-34(50)36(30-13-5-3-10-27(30)28-11-4-6-14-31(28)36)21-8-22-51-35(46)48-33(45)16-7-15-32(49)29-12-2-1-9-26(29)24-17-19-25(20-18-24)38(42,43)44/h1-6,9-14,17-20H,7-8,15-16,21-23H2,(H,47,50)(H3,45,46,48). The second-order valence-electron chi connectivity index (χ2n) is 12.1. The normalized spacial score (nSPS) is 13.7. The number of benzene rings is 4. The number of hydrogen-bond acceptors (Lipinski definition) is 4. The van der Waals surface area contributed by atoms with Gasteiger partial charge in [0.1, 0.15) is 17.8 Å². The van der Waals surface area contributed by atoms with Crippen molar-refractivity contribution in [1.29, 1.82) is 5.41 Å². The second kappa shape index (κ2) is 15.5. The Morgan fingerprint density at radius 2 is 1.33 bits per heavy atom. The number of alkyl halides is 6. The zero-order valence-corrected chi connectivity index (χ0v) is 28.0. The van der Waals surface area contributed by atoms with Crippen LogP contribution in [-0.2, 0) is 16.4 Å². The van der Waals surface area contributed by atoms with Crippen molar-refractivity contribution in [2.75, 3.05) is 12.3 Å². The number of rotatable bonds is 12. The number of carbonyl (C=O) groups excluding carboxylic acids is 2. The number of Topliss-reactive ketones (excluding diaryl/α,β-unsaturated/α-hetero) is 1. The number of hydrogen-bond donors (Lipinski definition) is 3. The first kappa shape index (κ1) is 37.3. The Hall–Kier alpha value is -4.91. The van der Waals surface area contributed by atoms with Gasteiger partial charge in [-0.3, -0.25) is 15.0 Å². The summed E-state index contributed by atoms with van der Waals surface area (Å²) in [7, 11) is 0. The summed E-state index contributed by atoms with van der Waals surface area (Å²) in [6.45, 7) is -1.46. The minimum absolute atomic E-state index is 0.0886. The van der Waals surface area contributed by atoms with Crippen molar-refractivity contribution in [2.45, 2.75) is 49.9 Å². The van der Waals surface area contributed by atoms with Gasteiger partial charge in [-0.25, -0.2) is 4.99 Å². The third kappa shape index (κ3) is 8.70. The molecule has 1 amide bonds. The van der Waals surface area contributed by atoms with Crippen molar-refractivity contribution < 1.29 is 35.9 Å². The van der Waals surface area contributed by atoms with Crippen LogP contribution in [0, 0.1) is 5.41 Å². The fourth-order valence-corrected chi connectivity index (χ4v) is 7.05. The molecule has 0 atom stereocenters. The number of thioether (sulfide) groups is 1. The van der Waals surface area contributed by atoms with Crippen LogP contribution in [0.15, 0.2) is 102 Å². The molecule has 0 saturated carbocycles. The molecule has 4 aromatic rings. The quantitative estimate of drug-likeness (QED) is 0.0445. The number of halogens is 6. The first-order chi connectivity index (χ1) is 24.2. The highest BCUT2D eigenvalue weighted by atomic mass is 32.2. The predicted octanol–water partition coefficient (Wildman–Crippen LogP) is 9.18. The van der Waals surface area contributed by atoms with E-state index < -0.39 is 35.8 Å². The minimum Gasteiger partial charge on any atom is -0.387 e. The van der Waals surface area contributed by atoms with Crippen LogP contribution in [0.2, 0.25) is 0 Å². The van der Waals surface area contributed by atoms with Gasteiger partial charge in [0.15, 0.2) is 11.0 Å². The summed E-state index contributed by atoms with van der Waals surface area (Å²) in [5.74, 6) is -0.479. The summed E-state index contributed by atoms with van der Waals surface area (Å²) in [4.78, 5) is 30.8. The van der Waals surface area contributed by atoms with Gasteiger partial charge >= 0.3 is 12.4 Å². The van der Waals surface area contributed by atoms with Crippen LogP contribution in [0.3, 0.4) is 0 Å². The Balaban J connectivity index is 1.17. The van der Waals surface area contributed by atoms with E-state index in [1.807, 2.05) is 24.3 Å². The first-order valence-corrected chi connectivity index (χ1v) is 17.1. The number of amides is 1. The SMILES string of the molecule is N=C(N=C(N)CCCC(=O)c1ccccc1-c1ccc(C(F)(F)F)cc1)SCCCC1(C(=O)NCC(F)(F)F)c2ccccc2-c2ccccc21. The largest absolute Gasteiger partial charge is 0.416 e. The van der Waals surface area contributed by atoms with Crippen LogP contribution in [0.25, 0.3) is 22.3 Å². The Labute approximate surface area is 295 Å². The van der Waals surface area contributed by atoms with Gasteiger partial charge < -0.3 is 11.1 Å². The molecule has 0 fully saturated rings. The van der Waals surface area contributed by atoms with Crippen LogP contribution >= 0.6 is 11.8 Å². The van der Waals surface area contributed by atoms with Gasteiger partial charge in [0, 0.05) is 24.2 Å². The number of fused-ring (bicyclic) bond motifs is 3. The molecule has 266 valence electrons. The molecule has 0 aliphatic heterocycles. The lowest BCUT2D eigenvalue weighted by Crippen LogP contribution is -2.47. The Morgan fingerprint density at radius 1 is 0.765 bits per heavy atom. The number of nitrogens with two attached hydrogens (primary N) is 1. The first-order valence-electron chi connectivity index (χ1n) is 16.1. The topological polar surface area (TPSA) is 108 Å². The molecule has 0 unspecified atom stereocenters. The van der Waals surface area contributed by atoms with E-state index in [4.69, 9.17) is 11.1 Å². The molecule has 0 aromatic heterocycles. The number of aliphatic imine (C=N–C) groups is 1. The molecular weight excluding hydrogens is 690 g/mol. The van der Waals surface area contributed by atoms with Crippen molar-refractivity contribution >= 4 is 34.5 Å². The lowest BCUT2D eigenvalue weighted by Gasteiger charge is -2.31. The molecular formula is C38H34F6N4O2S. The molecule has 1 aliphatic carbocycles. The summed E-state index contributed by atoms with van der Waals surface area (Å²) in [6.07, 6.45) is -7.85. The maximum Gasteiger partial charge on any atom is 0.416 e. The van der Waals surface area contributed by atoms with Crippen molar-refractivity contribution in [1.82, 2.24) is 5.32 Å². The molecule has 0 saturated heterocycles. The molecule has 1 aliphatic rings.